The van der Waals surface area contributed by atoms with Gasteiger partial charge in [-0.3, -0.25) is 4.79 Å². The number of nitrogens with zero attached hydrogens (tertiary/aromatic N) is 3. The minimum atomic E-state index is -0.301. The standard InChI is InChI=1S/C31H30ClN5O2/c1-2-30(38)34-24-9-6-10-27(21-24)39-31-28(32)15-16-29(35-31)37(22-23-7-4-3-5-8-23)26-13-11-25(12-14-26)36-19-17-33-18-20-36/h2-16,21,33H,1,17-20,22H2,(H,34,38). The molecule has 1 fully saturated rings. The first-order valence-electron chi connectivity index (χ1n) is 12.8. The molecule has 0 bridgehead atoms. The number of benzene rings is 3. The number of piperazine rings is 1. The summed E-state index contributed by atoms with van der Waals surface area (Å²) in [6, 6.07) is 29.6. The van der Waals surface area contributed by atoms with Crippen LogP contribution in [0.1, 0.15) is 5.56 Å². The number of rotatable bonds is 9. The molecule has 2 heterocycles. The number of halogens is 1. The highest BCUT2D eigenvalue weighted by molar-refractivity contribution is 6.31. The highest BCUT2D eigenvalue weighted by Gasteiger charge is 2.17. The van der Waals surface area contributed by atoms with Gasteiger partial charge in [0.15, 0.2) is 0 Å². The number of amides is 1. The normalized spacial score (nSPS) is 13.0. The Bertz CT molecular complexity index is 1420. The molecule has 0 radical (unpaired) electrons. The van der Waals surface area contributed by atoms with Crippen molar-refractivity contribution >= 4 is 40.4 Å². The summed E-state index contributed by atoms with van der Waals surface area (Å²) in [7, 11) is 0. The van der Waals surface area contributed by atoms with Crippen molar-refractivity contribution in [3.05, 3.63) is 114 Å². The van der Waals surface area contributed by atoms with E-state index in [0.29, 0.717) is 28.8 Å². The zero-order chi connectivity index (χ0) is 27.0. The van der Waals surface area contributed by atoms with E-state index in [0.717, 1.165) is 37.4 Å². The average Bonchev–Trinajstić information content (AvgIpc) is 2.98. The molecule has 1 aliphatic heterocycles. The van der Waals surface area contributed by atoms with E-state index in [9.17, 15) is 4.79 Å². The summed E-state index contributed by atoms with van der Waals surface area (Å²) in [5.41, 5.74) is 3.94. The maximum Gasteiger partial charge on any atom is 0.247 e. The number of anilines is 4. The lowest BCUT2D eigenvalue weighted by molar-refractivity contribution is -0.111. The van der Waals surface area contributed by atoms with Gasteiger partial charge >= 0.3 is 0 Å². The van der Waals surface area contributed by atoms with Crippen molar-refractivity contribution in [3.63, 3.8) is 0 Å². The van der Waals surface area contributed by atoms with Crippen LogP contribution in [0.5, 0.6) is 11.6 Å². The van der Waals surface area contributed by atoms with Gasteiger partial charge in [-0.15, -0.1) is 0 Å². The SMILES string of the molecule is C=CC(=O)Nc1cccc(Oc2nc(N(Cc3ccccc3)c3ccc(N4CCNCC4)cc3)ccc2Cl)c1. The number of carbonyl (C=O) groups excluding carboxylic acids is 1. The minimum Gasteiger partial charge on any atom is -0.437 e. The Morgan fingerprint density at radius 3 is 2.54 bits per heavy atom. The summed E-state index contributed by atoms with van der Waals surface area (Å²) in [6.07, 6.45) is 1.22. The minimum absolute atomic E-state index is 0.275. The van der Waals surface area contributed by atoms with Crippen molar-refractivity contribution in [2.24, 2.45) is 0 Å². The number of nitrogens with one attached hydrogen (secondary N) is 2. The monoisotopic (exact) mass is 539 g/mol. The van der Waals surface area contributed by atoms with Gasteiger partial charge in [-0.1, -0.05) is 54.6 Å². The van der Waals surface area contributed by atoms with E-state index in [4.69, 9.17) is 21.3 Å². The second kappa shape index (κ2) is 12.5. The van der Waals surface area contributed by atoms with Crippen molar-refractivity contribution in [1.82, 2.24) is 10.3 Å². The molecule has 198 valence electrons. The Kier molecular flexibility index (Phi) is 8.41. The fraction of sp³-hybridized carbons (Fsp3) is 0.161. The highest BCUT2D eigenvalue weighted by atomic mass is 35.5. The molecule has 1 saturated heterocycles. The Morgan fingerprint density at radius 2 is 1.79 bits per heavy atom. The van der Waals surface area contributed by atoms with Crippen molar-refractivity contribution in [3.8, 4) is 11.6 Å². The van der Waals surface area contributed by atoms with Crippen molar-refractivity contribution in [2.45, 2.75) is 6.54 Å². The van der Waals surface area contributed by atoms with E-state index in [2.05, 4.69) is 63.4 Å². The number of pyridine rings is 1. The van der Waals surface area contributed by atoms with E-state index in [1.165, 1.54) is 11.8 Å². The zero-order valence-corrected chi connectivity index (χ0v) is 22.3. The fourth-order valence-corrected chi connectivity index (χ4v) is 4.56. The molecule has 7 nitrogen and oxygen atoms in total. The summed E-state index contributed by atoms with van der Waals surface area (Å²) in [5, 5.41) is 6.52. The Hall–Kier alpha value is -4.33. The number of ether oxygens (including phenoxy) is 1. The second-order valence-corrected chi connectivity index (χ2v) is 9.51. The van der Waals surface area contributed by atoms with Crippen LogP contribution in [0.25, 0.3) is 0 Å². The molecule has 1 amide bonds. The first kappa shape index (κ1) is 26.3. The Morgan fingerprint density at radius 1 is 1.03 bits per heavy atom. The molecule has 0 spiro atoms. The van der Waals surface area contributed by atoms with Crippen LogP contribution in [0.3, 0.4) is 0 Å². The van der Waals surface area contributed by atoms with Crippen LogP contribution in [0.4, 0.5) is 22.9 Å². The predicted octanol–water partition coefficient (Wildman–Crippen LogP) is 6.40. The van der Waals surface area contributed by atoms with E-state index in [1.807, 2.05) is 24.3 Å². The van der Waals surface area contributed by atoms with E-state index >= 15 is 0 Å². The maximum atomic E-state index is 11.7. The lowest BCUT2D eigenvalue weighted by Gasteiger charge is -2.30. The molecule has 4 aromatic rings. The molecule has 0 saturated carbocycles. The van der Waals surface area contributed by atoms with Gasteiger partial charge < -0.3 is 25.2 Å². The predicted molar refractivity (Wildman–Crippen MR) is 158 cm³/mol. The topological polar surface area (TPSA) is 69.7 Å². The Balaban J connectivity index is 1.44. The van der Waals surface area contributed by atoms with Crippen LogP contribution in [-0.4, -0.2) is 37.1 Å². The lowest BCUT2D eigenvalue weighted by atomic mass is 10.1. The first-order valence-corrected chi connectivity index (χ1v) is 13.2. The molecule has 5 rings (SSSR count). The van der Waals surface area contributed by atoms with Gasteiger partial charge in [0, 0.05) is 55.9 Å². The Labute approximate surface area is 233 Å². The largest absolute Gasteiger partial charge is 0.437 e. The number of aromatic nitrogens is 1. The van der Waals surface area contributed by atoms with Crippen molar-refractivity contribution in [1.29, 1.82) is 0 Å². The summed E-state index contributed by atoms with van der Waals surface area (Å²) >= 11 is 6.51. The highest BCUT2D eigenvalue weighted by Crippen LogP contribution is 2.34. The van der Waals surface area contributed by atoms with Gasteiger partial charge in [0.1, 0.15) is 16.6 Å². The molecule has 0 aliphatic carbocycles. The summed E-state index contributed by atoms with van der Waals surface area (Å²) in [5.74, 6) is 1.17. The fourth-order valence-electron chi connectivity index (χ4n) is 4.41. The van der Waals surface area contributed by atoms with Crippen LogP contribution in [-0.2, 0) is 11.3 Å². The van der Waals surface area contributed by atoms with Gasteiger partial charge in [-0.2, -0.15) is 4.98 Å². The van der Waals surface area contributed by atoms with Gasteiger partial charge in [-0.05, 0) is 60.2 Å². The molecule has 39 heavy (non-hydrogen) atoms. The first-order chi connectivity index (χ1) is 19.1. The molecular formula is C31H30ClN5O2. The average molecular weight is 540 g/mol. The molecule has 0 atom stereocenters. The van der Waals surface area contributed by atoms with Gasteiger partial charge in [0.2, 0.25) is 11.8 Å². The van der Waals surface area contributed by atoms with E-state index in [1.54, 1.807) is 30.3 Å². The maximum absolute atomic E-state index is 11.7. The summed E-state index contributed by atoms with van der Waals surface area (Å²) < 4.78 is 6.08. The van der Waals surface area contributed by atoms with Crippen molar-refractivity contribution in [2.75, 3.05) is 41.3 Å². The van der Waals surface area contributed by atoms with Gasteiger partial charge in [-0.25, -0.2) is 0 Å². The molecule has 1 aromatic heterocycles. The van der Waals surface area contributed by atoms with Crippen LogP contribution in [0.2, 0.25) is 5.02 Å². The van der Waals surface area contributed by atoms with Crippen LogP contribution >= 0.6 is 11.6 Å². The zero-order valence-electron chi connectivity index (χ0n) is 21.5. The number of carbonyl (C=O) groups is 1. The van der Waals surface area contributed by atoms with Crippen LogP contribution in [0, 0.1) is 0 Å². The molecule has 0 unspecified atom stereocenters. The van der Waals surface area contributed by atoms with Gasteiger partial charge in [0.05, 0.1) is 0 Å². The quantitative estimate of drug-likeness (QED) is 0.240. The smallest absolute Gasteiger partial charge is 0.247 e. The van der Waals surface area contributed by atoms with E-state index in [-0.39, 0.29) is 11.8 Å². The number of hydrogen-bond donors (Lipinski definition) is 2. The molecule has 8 heteroatoms. The molecule has 2 N–H and O–H groups in total. The van der Waals surface area contributed by atoms with Gasteiger partial charge in [0.25, 0.3) is 0 Å². The third-order valence-corrected chi connectivity index (χ3v) is 6.69. The van der Waals surface area contributed by atoms with Crippen LogP contribution < -0.4 is 25.2 Å². The third kappa shape index (κ3) is 6.76. The summed E-state index contributed by atoms with van der Waals surface area (Å²) in [6.45, 7) is 8.06. The summed E-state index contributed by atoms with van der Waals surface area (Å²) in [4.78, 5) is 21.0. The number of hydrogen-bond acceptors (Lipinski definition) is 6. The molecule has 1 aliphatic rings. The molecular weight excluding hydrogens is 510 g/mol. The lowest BCUT2D eigenvalue weighted by Crippen LogP contribution is -2.43. The van der Waals surface area contributed by atoms with E-state index < -0.39 is 0 Å². The van der Waals surface area contributed by atoms with Crippen LogP contribution in [0.15, 0.2) is 104 Å². The molecule has 3 aromatic carbocycles. The van der Waals surface area contributed by atoms with Crippen molar-refractivity contribution < 1.29 is 9.53 Å². The second-order valence-electron chi connectivity index (χ2n) is 9.10. The third-order valence-electron chi connectivity index (χ3n) is 6.40.